The molecule has 1 heterocycles. The van der Waals surface area contributed by atoms with Crippen LogP contribution in [0.25, 0.3) is 0 Å². The first-order valence-electron chi connectivity index (χ1n) is 8.62. The third-order valence-corrected chi connectivity index (χ3v) is 6.72. The standard InChI is InChI=1S/C19H24O4/c1-17(2)6-4-7-18(3)15(17)5-8-19(22)16(18)11-9-12(20)13(21)10-14(11)23-19/h10,15,22H,4-9H2,1-3H3/t15-,18-,19?/m0/s1. The van der Waals surface area contributed by atoms with Crippen molar-refractivity contribution in [2.75, 3.05) is 0 Å². The number of ether oxygens (including phenoxy) is 1. The molecule has 2 fully saturated rings. The number of rotatable bonds is 0. The van der Waals surface area contributed by atoms with E-state index in [1.54, 1.807) is 0 Å². The van der Waals surface area contributed by atoms with Crippen LogP contribution >= 0.6 is 0 Å². The van der Waals surface area contributed by atoms with Crippen molar-refractivity contribution in [2.45, 2.75) is 65.1 Å². The lowest BCUT2D eigenvalue weighted by atomic mass is 9.48. The van der Waals surface area contributed by atoms with E-state index in [0.717, 1.165) is 30.4 Å². The number of hydrogen-bond acceptors (Lipinski definition) is 4. The molecule has 1 N–H and O–H groups in total. The van der Waals surface area contributed by atoms with E-state index in [9.17, 15) is 14.7 Å². The molecule has 4 nitrogen and oxygen atoms in total. The third-order valence-electron chi connectivity index (χ3n) is 6.72. The fourth-order valence-corrected chi connectivity index (χ4v) is 5.83. The van der Waals surface area contributed by atoms with Gasteiger partial charge < -0.3 is 9.84 Å². The van der Waals surface area contributed by atoms with Crippen LogP contribution in [-0.2, 0) is 14.3 Å². The summed E-state index contributed by atoms with van der Waals surface area (Å²) in [5.41, 5.74) is 1.71. The maximum absolute atomic E-state index is 11.9. The second kappa shape index (κ2) is 4.35. The highest BCUT2D eigenvalue weighted by Gasteiger charge is 2.61. The van der Waals surface area contributed by atoms with Gasteiger partial charge in [0.15, 0.2) is 0 Å². The molecular formula is C19H24O4. The quantitative estimate of drug-likeness (QED) is 0.698. The second-order valence-corrected chi connectivity index (χ2v) is 8.56. The average molecular weight is 316 g/mol. The molecule has 4 rings (SSSR count). The van der Waals surface area contributed by atoms with Crippen molar-refractivity contribution < 1.29 is 19.4 Å². The number of ketones is 2. The molecule has 0 spiro atoms. The van der Waals surface area contributed by atoms with Gasteiger partial charge in [-0.2, -0.15) is 0 Å². The highest BCUT2D eigenvalue weighted by Crippen LogP contribution is 2.65. The van der Waals surface area contributed by atoms with Gasteiger partial charge in [0.25, 0.3) is 0 Å². The van der Waals surface area contributed by atoms with Crippen LogP contribution in [0.15, 0.2) is 23.0 Å². The number of allylic oxidation sites excluding steroid dienone is 2. The Morgan fingerprint density at radius 1 is 1.17 bits per heavy atom. The molecule has 0 aromatic carbocycles. The van der Waals surface area contributed by atoms with Crippen molar-refractivity contribution in [2.24, 2.45) is 16.7 Å². The molecule has 0 saturated heterocycles. The van der Waals surface area contributed by atoms with Crippen molar-refractivity contribution in [1.82, 2.24) is 0 Å². The molecule has 0 aromatic heterocycles. The molecule has 23 heavy (non-hydrogen) atoms. The number of fused-ring (bicyclic) bond motifs is 4. The van der Waals surface area contributed by atoms with E-state index in [1.165, 1.54) is 12.5 Å². The fourth-order valence-electron chi connectivity index (χ4n) is 5.83. The van der Waals surface area contributed by atoms with Crippen LogP contribution in [-0.4, -0.2) is 22.5 Å². The number of carbonyl (C=O) groups is 2. The Labute approximate surface area is 136 Å². The number of aliphatic hydroxyl groups is 1. The Hall–Kier alpha value is -1.42. The summed E-state index contributed by atoms with van der Waals surface area (Å²) in [6.07, 6.45) is 6.10. The molecule has 0 bridgehead atoms. The van der Waals surface area contributed by atoms with Crippen molar-refractivity contribution in [3.8, 4) is 0 Å². The lowest BCUT2D eigenvalue weighted by Crippen LogP contribution is -2.53. The van der Waals surface area contributed by atoms with E-state index in [1.807, 2.05) is 0 Å². The van der Waals surface area contributed by atoms with E-state index in [0.29, 0.717) is 18.1 Å². The highest BCUT2D eigenvalue weighted by molar-refractivity contribution is 6.43. The average Bonchev–Trinajstić information content (AvgIpc) is 2.71. The second-order valence-electron chi connectivity index (χ2n) is 8.56. The van der Waals surface area contributed by atoms with Crippen molar-refractivity contribution in [3.63, 3.8) is 0 Å². The van der Waals surface area contributed by atoms with Crippen LogP contribution in [0.3, 0.4) is 0 Å². The lowest BCUT2D eigenvalue weighted by molar-refractivity contribution is -0.182. The first-order valence-corrected chi connectivity index (χ1v) is 8.62. The summed E-state index contributed by atoms with van der Waals surface area (Å²) < 4.78 is 5.83. The SMILES string of the molecule is CC1(C)CCC[C@]2(C)C3=C4CC(=O)C(=O)C=C4OC3(O)CC[C@@H]12. The van der Waals surface area contributed by atoms with Crippen molar-refractivity contribution in [3.05, 3.63) is 23.0 Å². The van der Waals surface area contributed by atoms with Gasteiger partial charge >= 0.3 is 0 Å². The molecule has 2 saturated carbocycles. The van der Waals surface area contributed by atoms with Crippen LogP contribution in [0.1, 0.15) is 59.3 Å². The molecule has 0 radical (unpaired) electrons. The summed E-state index contributed by atoms with van der Waals surface area (Å²) in [6, 6.07) is 0. The predicted octanol–water partition coefficient (Wildman–Crippen LogP) is 3.05. The van der Waals surface area contributed by atoms with Gasteiger partial charge in [0.2, 0.25) is 17.4 Å². The molecule has 4 aliphatic rings. The van der Waals surface area contributed by atoms with Gasteiger partial charge in [-0.3, -0.25) is 9.59 Å². The summed E-state index contributed by atoms with van der Waals surface area (Å²) in [6.45, 7) is 6.85. The summed E-state index contributed by atoms with van der Waals surface area (Å²) in [4.78, 5) is 23.6. The number of hydrogen-bond donors (Lipinski definition) is 1. The molecule has 0 aromatic rings. The normalized spacial score (nSPS) is 41.7. The number of carbonyl (C=O) groups excluding carboxylic acids is 2. The van der Waals surface area contributed by atoms with Crippen molar-refractivity contribution in [1.29, 1.82) is 0 Å². The monoisotopic (exact) mass is 316 g/mol. The highest BCUT2D eigenvalue weighted by atomic mass is 16.6. The van der Waals surface area contributed by atoms with Crippen LogP contribution in [0.2, 0.25) is 0 Å². The van der Waals surface area contributed by atoms with E-state index >= 15 is 0 Å². The Kier molecular flexibility index (Phi) is 2.86. The smallest absolute Gasteiger partial charge is 0.232 e. The zero-order chi connectivity index (χ0) is 16.6. The van der Waals surface area contributed by atoms with Gasteiger partial charge in [-0.25, -0.2) is 0 Å². The van der Waals surface area contributed by atoms with Gasteiger partial charge in [-0.15, -0.1) is 0 Å². The molecule has 1 unspecified atom stereocenters. The minimum Gasteiger partial charge on any atom is -0.458 e. The Balaban J connectivity index is 1.91. The summed E-state index contributed by atoms with van der Waals surface area (Å²) in [7, 11) is 0. The predicted molar refractivity (Wildman–Crippen MR) is 84.2 cm³/mol. The maximum Gasteiger partial charge on any atom is 0.232 e. The van der Waals surface area contributed by atoms with Gasteiger partial charge in [-0.1, -0.05) is 27.2 Å². The topological polar surface area (TPSA) is 63.6 Å². The maximum atomic E-state index is 11.9. The lowest BCUT2D eigenvalue weighted by Gasteiger charge is -2.57. The van der Waals surface area contributed by atoms with Gasteiger partial charge in [0, 0.05) is 30.1 Å². The zero-order valence-corrected chi connectivity index (χ0v) is 14.1. The minimum absolute atomic E-state index is 0.0745. The van der Waals surface area contributed by atoms with Crippen LogP contribution in [0.4, 0.5) is 0 Å². The van der Waals surface area contributed by atoms with E-state index in [-0.39, 0.29) is 17.3 Å². The largest absolute Gasteiger partial charge is 0.458 e. The summed E-state index contributed by atoms with van der Waals surface area (Å²) >= 11 is 0. The Morgan fingerprint density at radius 2 is 1.91 bits per heavy atom. The van der Waals surface area contributed by atoms with Gasteiger partial charge in [0.05, 0.1) is 0 Å². The van der Waals surface area contributed by atoms with Gasteiger partial charge in [0.1, 0.15) is 5.76 Å². The van der Waals surface area contributed by atoms with Crippen LogP contribution in [0.5, 0.6) is 0 Å². The van der Waals surface area contributed by atoms with E-state index in [4.69, 9.17) is 4.74 Å². The van der Waals surface area contributed by atoms with Crippen molar-refractivity contribution >= 4 is 11.6 Å². The van der Waals surface area contributed by atoms with E-state index < -0.39 is 17.4 Å². The van der Waals surface area contributed by atoms with Crippen LogP contribution < -0.4 is 0 Å². The molecule has 4 heteroatoms. The molecule has 3 atom stereocenters. The molecule has 3 aliphatic carbocycles. The third kappa shape index (κ3) is 1.87. The number of Topliss-reactive ketones (excluding diaryl/α,β-unsaturated/α-hetero) is 1. The Morgan fingerprint density at radius 3 is 2.65 bits per heavy atom. The van der Waals surface area contributed by atoms with Crippen LogP contribution in [0, 0.1) is 16.7 Å². The van der Waals surface area contributed by atoms with E-state index in [2.05, 4.69) is 20.8 Å². The molecular weight excluding hydrogens is 292 g/mol. The molecule has 1 aliphatic heterocycles. The first-order chi connectivity index (χ1) is 10.7. The summed E-state index contributed by atoms with van der Waals surface area (Å²) in [5, 5.41) is 11.1. The van der Waals surface area contributed by atoms with Gasteiger partial charge in [-0.05, 0) is 36.0 Å². The first kappa shape index (κ1) is 15.1. The summed E-state index contributed by atoms with van der Waals surface area (Å²) in [5.74, 6) is -1.35. The minimum atomic E-state index is -1.33. The fraction of sp³-hybridized carbons (Fsp3) is 0.684. The Bertz CT molecular complexity index is 683. The molecule has 0 amide bonds. The molecule has 124 valence electrons. The zero-order valence-electron chi connectivity index (χ0n) is 14.1.